The molecule has 7 heteroatoms. The maximum absolute atomic E-state index is 9.37. The van der Waals surface area contributed by atoms with Gasteiger partial charge in [-0.2, -0.15) is 0 Å². The van der Waals surface area contributed by atoms with Crippen molar-refractivity contribution in [2.24, 2.45) is 4.99 Å². The summed E-state index contributed by atoms with van der Waals surface area (Å²) < 4.78 is 16.1. The molecule has 0 saturated heterocycles. The highest BCUT2D eigenvalue weighted by Gasteiger charge is 2.13. The van der Waals surface area contributed by atoms with Crippen molar-refractivity contribution in [1.29, 1.82) is 0 Å². The molecule has 0 heterocycles. The third-order valence-electron chi connectivity index (χ3n) is 3.88. The average molecular weight is 373 g/mol. The number of hydrogen-bond acceptors (Lipinski definition) is 5. The highest BCUT2D eigenvalue weighted by molar-refractivity contribution is 5.79. The largest absolute Gasteiger partial charge is 0.508 e. The van der Waals surface area contributed by atoms with Crippen LogP contribution in [0.4, 0.5) is 0 Å². The Bertz CT molecular complexity index is 735. The fourth-order valence-electron chi connectivity index (χ4n) is 2.54. The van der Waals surface area contributed by atoms with Crippen molar-refractivity contribution in [3.63, 3.8) is 0 Å². The van der Waals surface area contributed by atoms with Gasteiger partial charge in [-0.3, -0.25) is 0 Å². The van der Waals surface area contributed by atoms with E-state index in [9.17, 15) is 5.11 Å². The number of phenols is 1. The number of hydrogen-bond donors (Lipinski definition) is 3. The Morgan fingerprint density at radius 3 is 2.07 bits per heavy atom. The predicted octanol–water partition coefficient (Wildman–Crippen LogP) is 2.67. The number of guanidine groups is 1. The van der Waals surface area contributed by atoms with E-state index in [-0.39, 0.29) is 5.75 Å². The van der Waals surface area contributed by atoms with E-state index in [1.165, 1.54) is 0 Å². The van der Waals surface area contributed by atoms with Crippen LogP contribution in [-0.2, 0) is 13.1 Å². The minimum atomic E-state index is 0.252. The summed E-state index contributed by atoms with van der Waals surface area (Å²) in [5.74, 6) is 2.71. The second-order valence-corrected chi connectivity index (χ2v) is 5.75. The van der Waals surface area contributed by atoms with Crippen molar-refractivity contribution in [2.45, 2.75) is 20.0 Å². The highest BCUT2D eigenvalue weighted by Crippen LogP contribution is 2.38. The van der Waals surface area contributed by atoms with E-state index >= 15 is 0 Å². The molecule has 0 aliphatic carbocycles. The molecule has 2 rings (SSSR count). The Kier molecular flexibility index (Phi) is 7.61. The van der Waals surface area contributed by atoms with Crippen molar-refractivity contribution in [2.75, 3.05) is 27.9 Å². The molecule has 0 bridgehead atoms. The molecule has 0 aromatic heterocycles. The molecule has 0 unspecified atom stereocenters. The SMILES string of the molecule is CCNC(=NCc1cc(OC)c(OC)c(OC)c1)NCc1ccc(O)cc1. The summed E-state index contributed by atoms with van der Waals surface area (Å²) >= 11 is 0. The number of rotatable bonds is 8. The molecule has 0 atom stereocenters. The smallest absolute Gasteiger partial charge is 0.203 e. The normalized spacial score (nSPS) is 11.0. The summed E-state index contributed by atoms with van der Waals surface area (Å²) in [6, 6.07) is 10.8. The van der Waals surface area contributed by atoms with Crippen molar-refractivity contribution in [3.8, 4) is 23.0 Å². The molecule has 3 N–H and O–H groups in total. The Hall–Kier alpha value is -3.09. The fourth-order valence-corrected chi connectivity index (χ4v) is 2.54. The quantitative estimate of drug-likeness (QED) is 0.487. The van der Waals surface area contributed by atoms with Crippen LogP contribution in [0.3, 0.4) is 0 Å². The molecule has 0 aliphatic rings. The molecule has 7 nitrogen and oxygen atoms in total. The second kappa shape index (κ2) is 10.2. The highest BCUT2D eigenvalue weighted by atomic mass is 16.5. The van der Waals surface area contributed by atoms with Crippen LogP contribution >= 0.6 is 0 Å². The number of aromatic hydroxyl groups is 1. The van der Waals surface area contributed by atoms with Crippen LogP contribution < -0.4 is 24.8 Å². The first-order chi connectivity index (χ1) is 13.1. The summed E-state index contributed by atoms with van der Waals surface area (Å²) in [5, 5.41) is 15.9. The second-order valence-electron chi connectivity index (χ2n) is 5.75. The van der Waals surface area contributed by atoms with Gasteiger partial charge in [0.25, 0.3) is 0 Å². The molecule has 0 spiro atoms. The molecule has 146 valence electrons. The van der Waals surface area contributed by atoms with Gasteiger partial charge in [-0.1, -0.05) is 12.1 Å². The zero-order chi connectivity index (χ0) is 19.6. The van der Waals surface area contributed by atoms with E-state index in [1.807, 2.05) is 31.2 Å². The average Bonchev–Trinajstić information content (AvgIpc) is 2.70. The van der Waals surface area contributed by atoms with Crippen LogP contribution in [0.5, 0.6) is 23.0 Å². The number of ether oxygens (including phenoxy) is 3. The number of nitrogens with zero attached hydrogens (tertiary/aromatic N) is 1. The summed E-state index contributed by atoms with van der Waals surface area (Å²) in [6.45, 7) is 3.80. The minimum absolute atomic E-state index is 0.252. The first kappa shape index (κ1) is 20.2. The monoisotopic (exact) mass is 373 g/mol. The van der Waals surface area contributed by atoms with E-state index < -0.39 is 0 Å². The number of methoxy groups -OCH3 is 3. The van der Waals surface area contributed by atoms with Gasteiger partial charge in [0.05, 0.1) is 27.9 Å². The molecule has 0 amide bonds. The molecule has 0 radical (unpaired) electrons. The van der Waals surface area contributed by atoms with Gasteiger partial charge in [0, 0.05) is 13.1 Å². The van der Waals surface area contributed by atoms with E-state index in [0.717, 1.165) is 17.7 Å². The maximum atomic E-state index is 9.37. The maximum Gasteiger partial charge on any atom is 0.203 e. The number of nitrogens with one attached hydrogen (secondary N) is 2. The van der Waals surface area contributed by atoms with E-state index in [1.54, 1.807) is 33.5 Å². The van der Waals surface area contributed by atoms with Crippen LogP contribution in [0.1, 0.15) is 18.1 Å². The lowest BCUT2D eigenvalue weighted by Gasteiger charge is -2.14. The number of benzene rings is 2. The first-order valence-electron chi connectivity index (χ1n) is 8.70. The minimum Gasteiger partial charge on any atom is -0.508 e. The molecular formula is C20H27N3O4. The van der Waals surface area contributed by atoms with Gasteiger partial charge in [-0.05, 0) is 42.3 Å². The molecule has 27 heavy (non-hydrogen) atoms. The van der Waals surface area contributed by atoms with Gasteiger partial charge in [-0.25, -0.2) is 4.99 Å². The van der Waals surface area contributed by atoms with E-state index in [4.69, 9.17) is 14.2 Å². The molecule has 2 aromatic rings. The summed E-state index contributed by atoms with van der Waals surface area (Å²) in [7, 11) is 4.76. The fraction of sp³-hybridized carbons (Fsp3) is 0.350. The summed E-state index contributed by atoms with van der Waals surface area (Å²) in [5.41, 5.74) is 1.98. The van der Waals surface area contributed by atoms with Gasteiger partial charge in [0.2, 0.25) is 5.75 Å². The third kappa shape index (κ3) is 5.70. The van der Waals surface area contributed by atoms with Crippen molar-refractivity contribution in [1.82, 2.24) is 10.6 Å². The van der Waals surface area contributed by atoms with Crippen molar-refractivity contribution >= 4 is 5.96 Å². The third-order valence-corrected chi connectivity index (χ3v) is 3.88. The Labute approximate surface area is 160 Å². The lowest BCUT2D eigenvalue weighted by molar-refractivity contribution is 0.324. The Morgan fingerprint density at radius 1 is 0.926 bits per heavy atom. The van der Waals surface area contributed by atoms with Crippen molar-refractivity contribution in [3.05, 3.63) is 47.5 Å². The van der Waals surface area contributed by atoms with Gasteiger partial charge in [-0.15, -0.1) is 0 Å². The molecule has 0 saturated carbocycles. The molecule has 2 aromatic carbocycles. The van der Waals surface area contributed by atoms with Gasteiger partial charge < -0.3 is 30.0 Å². The first-order valence-corrected chi connectivity index (χ1v) is 8.70. The van der Waals surface area contributed by atoms with Gasteiger partial charge >= 0.3 is 0 Å². The summed E-state index contributed by atoms with van der Waals surface area (Å²) in [6.07, 6.45) is 0. The van der Waals surface area contributed by atoms with Crippen LogP contribution in [0.25, 0.3) is 0 Å². The lowest BCUT2D eigenvalue weighted by atomic mass is 10.2. The van der Waals surface area contributed by atoms with Crippen LogP contribution in [-0.4, -0.2) is 38.9 Å². The molecule has 0 aliphatic heterocycles. The number of aliphatic imine (C=N–C) groups is 1. The standard InChI is InChI=1S/C20H27N3O4/c1-5-21-20(22-12-14-6-8-16(24)9-7-14)23-13-15-10-17(25-2)19(27-4)18(11-15)26-3/h6-11,24H,5,12-13H2,1-4H3,(H2,21,22,23). The zero-order valence-electron chi connectivity index (χ0n) is 16.2. The van der Waals surface area contributed by atoms with E-state index in [2.05, 4.69) is 15.6 Å². The number of phenolic OH excluding ortho intramolecular Hbond substituents is 1. The Balaban J connectivity index is 2.12. The predicted molar refractivity (Wildman–Crippen MR) is 106 cm³/mol. The topological polar surface area (TPSA) is 84.3 Å². The van der Waals surface area contributed by atoms with Crippen LogP contribution in [0, 0.1) is 0 Å². The van der Waals surface area contributed by atoms with E-state index in [0.29, 0.717) is 36.3 Å². The van der Waals surface area contributed by atoms with Crippen molar-refractivity contribution < 1.29 is 19.3 Å². The summed E-state index contributed by atoms with van der Waals surface area (Å²) in [4.78, 5) is 4.62. The molecule has 0 fully saturated rings. The van der Waals surface area contributed by atoms with Gasteiger partial charge in [0.1, 0.15) is 5.75 Å². The van der Waals surface area contributed by atoms with Crippen LogP contribution in [0.2, 0.25) is 0 Å². The van der Waals surface area contributed by atoms with Crippen LogP contribution in [0.15, 0.2) is 41.4 Å². The van der Waals surface area contributed by atoms with Gasteiger partial charge in [0.15, 0.2) is 17.5 Å². The molecular weight excluding hydrogens is 346 g/mol. The zero-order valence-corrected chi connectivity index (χ0v) is 16.2. The Morgan fingerprint density at radius 2 is 1.56 bits per heavy atom. The lowest BCUT2D eigenvalue weighted by Crippen LogP contribution is -2.36.